The molecule has 1 aliphatic carbocycles. The summed E-state index contributed by atoms with van der Waals surface area (Å²) in [5.74, 6) is -0.171. The van der Waals surface area contributed by atoms with Gasteiger partial charge in [-0.15, -0.1) is 0 Å². The number of nitrogen functional groups attached to an aromatic ring is 1. The van der Waals surface area contributed by atoms with Gasteiger partial charge in [-0.1, -0.05) is 26.0 Å². The molecule has 4 nitrogen and oxygen atoms in total. The van der Waals surface area contributed by atoms with E-state index in [0.717, 1.165) is 0 Å². The Balaban J connectivity index is 2.41. The van der Waals surface area contributed by atoms with Crippen LogP contribution in [-0.2, 0) is 4.79 Å². The first-order chi connectivity index (χ1) is 8.80. The predicted octanol–water partition coefficient (Wildman–Crippen LogP) is 2.84. The average Bonchev–Trinajstić information content (AvgIpc) is 2.25. The molecule has 1 aliphatic rings. The number of anilines is 1. The van der Waals surface area contributed by atoms with E-state index in [4.69, 9.17) is 11.1 Å². The molecule has 0 saturated carbocycles. The van der Waals surface area contributed by atoms with Gasteiger partial charge in [0.15, 0.2) is 5.78 Å². The normalized spacial score (nSPS) is 18.5. The van der Waals surface area contributed by atoms with Crippen LogP contribution in [0.2, 0.25) is 0 Å². The van der Waals surface area contributed by atoms with Crippen LogP contribution in [0.1, 0.15) is 32.3 Å². The lowest BCUT2D eigenvalue weighted by molar-refractivity contribution is -0.117. The van der Waals surface area contributed by atoms with Crippen LogP contribution in [0.25, 0.3) is 0 Å². The highest BCUT2D eigenvalue weighted by atomic mass is 16.3. The van der Waals surface area contributed by atoms with Crippen LogP contribution in [0, 0.1) is 10.8 Å². The van der Waals surface area contributed by atoms with Gasteiger partial charge in [-0.3, -0.25) is 10.2 Å². The summed E-state index contributed by atoms with van der Waals surface area (Å²) < 4.78 is 0. The quantitative estimate of drug-likeness (QED) is 0.563. The first kappa shape index (κ1) is 13.3. The van der Waals surface area contributed by atoms with Crippen molar-refractivity contribution in [3.05, 3.63) is 41.2 Å². The number of ketones is 1. The molecule has 100 valence electrons. The molecule has 0 aromatic heterocycles. The number of aliphatic hydroxyl groups excluding tert-OH is 1. The predicted molar refractivity (Wildman–Crippen MR) is 75.4 cm³/mol. The number of Topliss-reactive ketones (excluding diaryl/α,β-unsaturated/α-hetero) is 1. The first-order valence-corrected chi connectivity index (χ1v) is 6.20. The van der Waals surface area contributed by atoms with Gasteiger partial charge in [0, 0.05) is 24.1 Å². The summed E-state index contributed by atoms with van der Waals surface area (Å²) >= 11 is 0. The van der Waals surface area contributed by atoms with Crippen LogP contribution in [0.15, 0.2) is 35.6 Å². The van der Waals surface area contributed by atoms with Crippen molar-refractivity contribution in [2.75, 3.05) is 5.73 Å². The van der Waals surface area contributed by atoms with E-state index in [0.29, 0.717) is 24.1 Å². The fourth-order valence-electron chi connectivity index (χ4n) is 2.41. The van der Waals surface area contributed by atoms with Gasteiger partial charge < -0.3 is 10.8 Å². The van der Waals surface area contributed by atoms with Gasteiger partial charge in [-0.05, 0) is 17.5 Å². The van der Waals surface area contributed by atoms with E-state index in [1.54, 1.807) is 24.3 Å². The van der Waals surface area contributed by atoms with E-state index in [1.165, 1.54) is 0 Å². The molecule has 0 amide bonds. The topological polar surface area (TPSA) is 87.2 Å². The van der Waals surface area contributed by atoms with Crippen molar-refractivity contribution in [2.24, 2.45) is 5.41 Å². The summed E-state index contributed by atoms with van der Waals surface area (Å²) in [5, 5.41) is 18.2. The molecule has 0 fully saturated rings. The Labute approximate surface area is 112 Å². The van der Waals surface area contributed by atoms with Crippen LogP contribution in [0.3, 0.4) is 0 Å². The maximum atomic E-state index is 12.1. The Morgan fingerprint density at radius 2 is 2.05 bits per heavy atom. The molecule has 0 atom stereocenters. The number of carbonyl (C=O) groups is 1. The van der Waals surface area contributed by atoms with Crippen LogP contribution in [0.5, 0.6) is 0 Å². The second-order valence-corrected chi connectivity index (χ2v) is 5.76. The molecule has 19 heavy (non-hydrogen) atoms. The minimum atomic E-state index is -0.249. The number of allylic oxidation sites excluding steroid dienone is 2. The molecule has 4 heteroatoms. The maximum absolute atomic E-state index is 12.1. The summed E-state index contributed by atoms with van der Waals surface area (Å²) in [6.07, 6.45) is 0.760. The Hall–Kier alpha value is -2.10. The number of carbonyl (C=O) groups excluding carboxylic acids is 1. The lowest BCUT2D eigenvalue weighted by Gasteiger charge is -2.29. The lowest BCUT2D eigenvalue weighted by Crippen LogP contribution is -2.29. The number of nitrogens with one attached hydrogen (secondary N) is 1. The zero-order chi connectivity index (χ0) is 14.2. The van der Waals surface area contributed by atoms with Crippen molar-refractivity contribution in [1.29, 1.82) is 5.41 Å². The molecule has 1 aromatic carbocycles. The highest BCUT2D eigenvalue weighted by molar-refractivity contribution is 6.28. The Kier molecular flexibility index (Phi) is 3.18. The molecule has 0 bridgehead atoms. The number of rotatable bonds is 2. The molecule has 0 aliphatic heterocycles. The molecule has 0 unspecified atom stereocenters. The highest BCUT2D eigenvalue weighted by Gasteiger charge is 2.34. The minimum absolute atomic E-state index is 0.00803. The highest BCUT2D eigenvalue weighted by Crippen LogP contribution is 2.36. The van der Waals surface area contributed by atoms with E-state index in [2.05, 4.69) is 0 Å². The Bertz CT molecular complexity index is 586. The van der Waals surface area contributed by atoms with Crippen molar-refractivity contribution in [2.45, 2.75) is 26.7 Å². The largest absolute Gasteiger partial charge is 0.511 e. The van der Waals surface area contributed by atoms with Crippen molar-refractivity contribution in [1.82, 2.24) is 0 Å². The average molecular weight is 258 g/mol. The van der Waals surface area contributed by atoms with Gasteiger partial charge in [0.1, 0.15) is 5.76 Å². The van der Waals surface area contributed by atoms with Crippen LogP contribution in [-0.4, -0.2) is 16.6 Å². The Morgan fingerprint density at radius 1 is 1.37 bits per heavy atom. The summed E-state index contributed by atoms with van der Waals surface area (Å²) in [6.45, 7) is 3.87. The molecular formula is C15H18N2O2. The molecule has 2 rings (SSSR count). The summed E-state index contributed by atoms with van der Waals surface area (Å²) in [7, 11) is 0. The van der Waals surface area contributed by atoms with Gasteiger partial charge >= 0.3 is 0 Å². The molecule has 4 N–H and O–H groups in total. The van der Waals surface area contributed by atoms with E-state index >= 15 is 0 Å². The second kappa shape index (κ2) is 4.53. The molecule has 0 heterocycles. The van der Waals surface area contributed by atoms with Crippen molar-refractivity contribution < 1.29 is 9.90 Å². The van der Waals surface area contributed by atoms with E-state index in [9.17, 15) is 9.90 Å². The minimum Gasteiger partial charge on any atom is -0.511 e. The van der Waals surface area contributed by atoms with E-state index < -0.39 is 0 Å². The van der Waals surface area contributed by atoms with Crippen LogP contribution < -0.4 is 5.73 Å². The fraction of sp³-hybridized carbons (Fsp3) is 0.333. The van der Waals surface area contributed by atoms with Crippen molar-refractivity contribution in [3.63, 3.8) is 0 Å². The SMILES string of the molecule is CC1(C)CC(=O)C(C(=N)c2cccc(N)c2)=C(O)C1. The molecule has 0 radical (unpaired) electrons. The third-order valence-electron chi connectivity index (χ3n) is 3.28. The van der Waals surface area contributed by atoms with Crippen LogP contribution >= 0.6 is 0 Å². The smallest absolute Gasteiger partial charge is 0.168 e. The molecule has 0 spiro atoms. The lowest BCUT2D eigenvalue weighted by atomic mass is 9.75. The number of aliphatic hydroxyl groups is 1. The third kappa shape index (κ3) is 2.67. The summed E-state index contributed by atoms with van der Waals surface area (Å²) in [4.78, 5) is 12.1. The third-order valence-corrected chi connectivity index (χ3v) is 3.28. The Morgan fingerprint density at radius 3 is 2.63 bits per heavy atom. The van der Waals surface area contributed by atoms with E-state index in [1.807, 2.05) is 13.8 Å². The van der Waals surface area contributed by atoms with Crippen LogP contribution in [0.4, 0.5) is 5.69 Å². The monoisotopic (exact) mass is 258 g/mol. The second-order valence-electron chi connectivity index (χ2n) is 5.76. The van der Waals surface area contributed by atoms with Gasteiger partial charge in [-0.25, -0.2) is 0 Å². The number of nitrogens with two attached hydrogens (primary N) is 1. The standard InChI is InChI=1S/C15H18N2O2/c1-15(2)7-11(18)13(12(19)8-15)14(17)9-4-3-5-10(16)6-9/h3-6,17-18H,7-8,16H2,1-2H3. The van der Waals surface area contributed by atoms with Gasteiger partial charge in [0.2, 0.25) is 0 Å². The number of hydrogen-bond donors (Lipinski definition) is 3. The molecule has 0 saturated heterocycles. The first-order valence-electron chi connectivity index (χ1n) is 6.20. The zero-order valence-corrected chi connectivity index (χ0v) is 11.2. The van der Waals surface area contributed by atoms with Gasteiger partial charge in [-0.2, -0.15) is 0 Å². The number of hydrogen-bond acceptors (Lipinski definition) is 4. The van der Waals surface area contributed by atoms with Crippen molar-refractivity contribution >= 4 is 17.2 Å². The fourth-order valence-corrected chi connectivity index (χ4v) is 2.41. The molecular weight excluding hydrogens is 240 g/mol. The van der Waals surface area contributed by atoms with Crippen molar-refractivity contribution in [3.8, 4) is 0 Å². The van der Waals surface area contributed by atoms with Gasteiger partial charge in [0.05, 0.1) is 11.3 Å². The summed E-state index contributed by atoms with van der Waals surface area (Å²) in [6, 6.07) is 6.80. The summed E-state index contributed by atoms with van der Waals surface area (Å²) in [5.41, 5.74) is 6.69. The molecule has 1 aromatic rings. The maximum Gasteiger partial charge on any atom is 0.168 e. The van der Waals surface area contributed by atoms with E-state index in [-0.39, 0.29) is 28.2 Å². The zero-order valence-electron chi connectivity index (χ0n) is 11.2. The van der Waals surface area contributed by atoms with Gasteiger partial charge in [0.25, 0.3) is 0 Å². The number of benzene rings is 1.